The Bertz CT molecular complexity index is 1320. The minimum absolute atomic E-state index is 0.0280. The highest BCUT2D eigenvalue weighted by Crippen LogP contribution is 2.34. The third-order valence-corrected chi connectivity index (χ3v) is 9.48. The van der Waals surface area contributed by atoms with Crippen molar-refractivity contribution in [2.24, 2.45) is 5.92 Å². The van der Waals surface area contributed by atoms with E-state index >= 15 is 0 Å². The Balaban J connectivity index is 1.34. The van der Waals surface area contributed by atoms with Crippen LogP contribution >= 0.6 is 11.3 Å². The lowest BCUT2D eigenvalue weighted by molar-refractivity contribution is -0.123. The van der Waals surface area contributed by atoms with Gasteiger partial charge in [0, 0.05) is 25.6 Å². The molecule has 2 fully saturated rings. The van der Waals surface area contributed by atoms with Crippen LogP contribution in [0.15, 0.2) is 47.4 Å². The summed E-state index contributed by atoms with van der Waals surface area (Å²) in [7, 11) is -3.77. The molecule has 2 aliphatic rings. The molecule has 186 valence electrons. The predicted octanol–water partition coefficient (Wildman–Crippen LogP) is 4.19. The summed E-state index contributed by atoms with van der Waals surface area (Å²) in [6.07, 6.45) is 2.33. The summed E-state index contributed by atoms with van der Waals surface area (Å²) >= 11 is 1.26. The van der Waals surface area contributed by atoms with E-state index in [4.69, 9.17) is 4.74 Å². The number of anilines is 1. The summed E-state index contributed by atoms with van der Waals surface area (Å²) < 4.78 is 61.1. The minimum atomic E-state index is -3.77. The van der Waals surface area contributed by atoms with Crippen molar-refractivity contribution in [3.05, 3.63) is 54.1 Å². The smallest absolute Gasteiger partial charge is 0.243 e. The summed E-state index contributed by atoms with van der Waals surface area (Å²) in [5, 5.41) is 0.423. The Hall–Kier alpha value is -2.47. The van der Waals surface area contributed by atoms with Crippen molar-refractivity contribution in [3.8, 4) is 0 Å². The molecule has 0 radical (unpaired) electrons. The van der Waals surface area contributed by atoms with Crippen LogP contribution in [-0.4, -0.2) is 56.0 Å². The van der Waals surface area contributed by atoms with Crippen LogP contribution in [-0.2, 0) is 19.6 Å². The number of para-hydroxylation sites is 1. The number of fused-ring (bicyclic) bond motifs is 1. The second-order valence-electron chi connectivity index (χ2n) is 8.80. The van der Waals surface area contributed by atoms with Gasteiger partial charge in [-0.2, -0.15) is 4.31 Å². The standard InChI is InChI=1S/C24H25F2N3O4S2/c25-17-6-8-19(9-7-17)35(31,32)28-12-10-16(11-13-28)23(30)29(15-18-3-2-14-33-18)24-27-22-20(26)4-1-5-21(22)34-24/h1,4-9,16,18H,2-3,10-15H2. The number of sulfonamides is 1. The number of carbonyl (C=O) groups excluding carboxylic acids is 1. The molecule has 0 N–H and O–H groups in total. The number of ether oxygens (including phenoxy) is 1. The van der Waals surface area contributed by atoms with Gasteiger partial charge in [-0.25, -0.2) is 22.2 Å². The molecule has 1 amide bonds. The zero-order valence-corrected chi connectivity index (χ0v) is 20.5. The van der Waals surface area contributed by atoms with Gasteiger partial charge in [0.05, 0.1) is 22.2 Å². The van der Waals surface area contributed by atoms with Crippen LogP contribution in [0.5, 0.6) is 0 Å². The molecule has 1 unspecified atom stereocenters. The van der Waals surface area contributed by atoms with Crippen LogP contribution in [0.4, 0.5) is 13.9 Å². The largest absolute Gasteiger partial charge is 0.376 e. The van der Waals surface area contributed by atoms with Crippen molar-refractivity contribution in [1.29, 1.82) is 0 Å². The number of nitrogens with zero attached hydrogens (tertiary/aromatic N) is 3. The zero-order chi connectivity index (χ0) is 24.6. The molecule has 35 heavy (non-hydrogen) atoms. The van der Waals surface area contributed by atoms with E-state index in [0.717, 1.165) is 25.0 Å². The van der Waals surface area contributed by atoms with Gasteiger partial charge < -0.3 is 4.74 Å². The molecule has 3 aromatic rings. The third kappa shape index (κ3) is 4.95. The maximum absolute atomic E-state index is 14.3. The maximum Gasteiger partial charge on any atom is 0.243 e. The Morgan fingerprint density at radius 2 is 1.86 bits per heavy atom. The van der Waals surface area contributed by atoms with Gasteiger partial charge in [0.1, 0.15) is 17.2 Å². The first-order chi connectivity index (χ1) is 16.8. The Kier molecular flexibility index (Phi) is 6.84. The molecular weight excluding hydrogens is 496 g/mol. The first kappa shape index (κ1) is 24.2. The number of hydrogen-bond acceptors (Lipinski definition) is 6. The molecule has 2 aromatic carbocycles. The van der Waals surface area contributed by atoms with Crippen LogP contribution < -0.4 is 4.90 Å². The van der Waals surface area contributed by atoms with Gasteiger partial charge in [-0.1, -0.05) is 17.4 Å². The molecule has 1 atom stereocenters. The van der Waals surface area contributed by atoms with Crippen molar-refractivity contribution in [3.63, 3.8) is 0 Å². The topological polar surface area (TPSA) is 79.8 Å². The molecule has 11 heteroatoms. The van der Waals surface area contributed by atoms with E-state index in [0.29, 0.717) is 35.8 Å². The summed E-state index contributed by atoms with van der Waals surface area (Å²) in [4.78, 5) is 19.7. The average Bonchev–Trinajstić information content (AvgIpc) is 3.53. The number of aromatic nitrogens is 1. The van der Waals surface area contributed by atoms with E-state index < -0.39 is 27.6 Å². The van der Waals surface area contributed by atoms with E-state index in [1.807, 2.05) is 0 Å². The Labute approximate surface area is 206 Å². The summed E-state index contributed by atoms with van der Waals surface area (Å²) in [5.74, 6) is -1.49. The molecule has 0 bridgehead atoms. The molecule has 5 rings (SSSR count). The second-order valence-corrected chi connectivity index (χ2v) is 11.7. The molecule has 0 spiro atoms. The normalized spacial score (nSPS) is 19.9. The van der Waals surface area contributed by atoms with E-state index in [9.17, 15) is 22.0 Å². The molecular formula is C24H25F2N3O4S2. The number of piperidine rings is 1. The molecule has 7 nitrogen and oxygen atoms in total. The number of amides is 1. The van der Waals surface area contributed by atoms with E-state index in [2.05, 4.69) is 4.98 Å². The minimum Gasteiger partial charge on any atom is -0.376 e. The van der Waals surface area contributed by atoms with Crippen molar-refractivity contribution >= 4 is 42.6 Å². The van der Waals surface area contributed by atoms with Gasteiger partial charge in [-0.3, -0.25) is 9.69 Å². The molecule has 1 aromatic heterocycles. The lowest BCUT2D eigenvalue weighted by atomic mass is 9.96. The number of hydrogen-bond donors (Lipinski definition) is 0. The number of benzene rings is 2. The zero-order valence-electron chi connectivity index (χ0n) is 18.9. The molecule has 2 aliphatic heterocycles. The van der Waals surface area contributed by atoms with Crippen molar-refractivity contribution in [2.45, 2.75) is 36.7 Å². The van der Waals surface area contributed by atoms with Crippen LogP contribution in [0.25, 0.3) is 10.2 Å². The summed E-state index contributed by atoms with van der Waals surface area (Å²) in [6, 6.07) is 9.46. The van der Waals surface area contributed by atoms with Crippen molar-refractivity contribution < 1.29 is 26.7 Å². The fraction of sp³-hybridized carbons (Fsp3) is 0.417. The SMILES string of the molecule is O=C(C1CCN(S(=O)(=O)c2ccc(F)cc2)CC1)N(CC1CCCO1)c1nc2c(F)cccc2s1. The molecule has 3 heterocycles. The van der Waals surface area contributed by atoms with Crippen LogP contribution in [0.3, 0.4) is 0 Å². The summed E-state index contributed by atoms with van der Waals surface area (Å²) in [5.41, 5.74) is 0.234. The highest BCUT2D eigenvalue weighted by atomic mass is 32.2. The van der Waals surface area contributed by atoms with Gasteiger partial charge in [-0.15, -0.1) is 0 Å². The molecule has 0 aliphatic carbocycles. The van der Waals surface area contributed by atoms with E-state index in [1.54, 1.807) is 17.0 Å². The monoisotopic (exact) mass is 521 g/mol. The van der Waals surface area contributed by atoms with Crippen LogP contribution in [0.1, 0.15) is 25.7 Å². The number of thiazole rings is 1. The highest BCUT2D eigenvalue weighted by Gasteiger charge is 2.36. The summed E-state index contributed by atoms with van der Waals surface area (Å²) in [6.45, 7) is 1.33. The number of rotatable bonds is 6. The van der Waals surface area contributed by atoms with Crippen LogP contribution in [0.2, 0.25) is 0 Å². The fourth-order valence-corrected chi connectivity index (χ4v) is 7.06. The fourth-order valence-electron chi connectivity index (χ4n) is 4.59. The maximum atomic E-state index is 14.3. The Morgan fingerprint density at radius 1 is 1.11 bits per heavy atom. The van der Waals surface area contributed by atoms with E-state index in [1.165, 1.54) is 33.8 Å². The first-order valence-corrected chi connectivity index (χ1v) is 13.8. The van der Waals surface area contributed by atoms with Gasteiger partial charge in [0.2, 0.25) is 15.9 Å². The highest BCUT2D eigenvalue weighted by molar-refractivity contribution is 7.89. The third-order valence-electron chi connectivity index (χ3n) is 6.52. The van der Waals surface area contributed by atoms with Gasteiger partial charge in [0.15, 0.2) is 5.13 Å². The lowest BCUT2D eigenvalue weighted by Crippen LogP contribution is -2.46. The second kappa shape index (κ2) is 9.88. The number of carbonyl (C=O) groups is 1. The molecule has 2 saturated heterocycles. The average molecular weight is 522 g/mol. The van der Waals surface area contributed by atoms with Crippen molar-refractivity contribution in [1.82, 2.24) is 9.29 Å². The van der Waals surface area contributed by atoms with Gasteiger partial charge in [0.25, 0.3) is 0 Å². The van der Waals surface area contributed by atoms with Crippen molar-refractivity contribution in [2.75, 3.05) is 31.1 Å². The van der Waals surface area contributed by atoms with Gasteiger partial charge in [-0.05, 0) is 62.1 Å². The molecule has 0 saturated carbocycles. The van der Waals surface area contributed by atoms with E-state index in [-0.39, 0.29) is 35.5 Å². The first-order valence-electron chi connectivity index (χ1n) is 11.6. The van der Waals surface area contributed by atoms with Gasteiger partial charge >= 0.3 is 0 Å². The predicted molar refractivity (Wildman–Crippen MR) is 129 cm³/mol. The quantitative estimate of drug-likeness (QED) is 0.486. The number of halogens is 2. The van der Waals surface area contributed by atoms with Crippen LogP contribution in [0, 0.1) is 17.6 Å². The lowest BCUT2D eigenvalue weighted by Gasteiger charge is -2.33. The Morgan fingerprint density at radius 3 is 2.51 bits per heavy atom.